The quantitative estimate of drug-likeness (QED) is 0.846. The molecule has 0 unspecified atom stereocenters. The zero-order valence-corrected chi connectivity index (χ0v) is 11.0. The first-order chi connectivity index (χ1) is 8.25. The lowest BCUT2D eigenvalue weighted by Gasteiger charge is -2.16. The molecule has 1 aliphatic rings. The van der Waals surface area contributed by atoms with Gasteiger partial charge in [0.2, 0.25) is 0 Å². The zero-order valence-electron chi connectivity index (χ0n) is 9.37. The molecule has 0 aliphatic carbocycles. The maximum Gasteiger partial charge on any atom is 0.198 e. The van der Waals surface area contributed by atoms with E-state index in [1.54, 1.807) is 6.33 Å². The Labute approximate surface area is 107 Å². The number of aliphatic imine (C=N–C) groups is 1. The molecule has 0 bridgehead atoms. The maximum atomic E-state index is 4.40. The van der Waals surface area contributed by atoms with Crippen molar-refractivity contribution in [3.05, 3.63) is 22.9 Å². The molecule has 1 aromatic carbocycles. The van der Waals surface area contributed by atoms with Gasteiger partial charge in [-0.2, -0.15) is 0 Å². The highest BCUT2D eigenvalue weighted by Crippen LogP contribution is 2.29. The van der Waals surface area contributed by atoms with Crippen molar-refractivity contribution in [3.63, 3.8) is 0 Å². The summed E-state index contributed by atoms with van der Waals surface area (Å²) in [4.78, 5) is 13.9. The molecular formula is C11H12BrN5. The molecule has 0 radical (unpaired) electrons. The fourth-order valence-corrected chi connectivity index (χ4v) is 2.41. The Morgan fingerprint density at radius 1 is 1.47 bits per heavy atom. The minimum absolute atomic E-state index is 0.848. The summed E-state index contributed by atoms with van der Waals surface area (Å²) in [6, 6.07) is 4.02. The summed E-state index contributed by atoms with van der Waals surface area (Å²) in [6.07, 6.45) is 1.69. The SMILES string of the molecule is CN1CCN=C1Nc1ccc2[nH]cnc2c1Br. The van der Waals surface area contributed by atoms with E-state index in [0.717, 1.165) is 40.2 Å². The number of fused-ring (bicyclic) bond motifs is 1. The predicted molar refractivity (Wildman–Crippen MR) is 72.3 cm³/mol. The Bertz CT molecular complexity index is 589. The lowest BCUT2D eigenvalue weighted by atomic mass is 10.3. The van der Waals surface area contributed by atoms with E-state index in [1.165, 1.54) is 0 Å². The fourth-order valence-electron chi connectivity index (χ4n) is 1.86. The van der Waals surface area contributed by atoms with E-state index in [-0.39, 0.29) is 0 Å². The number of likely N-dealkylation sites (N-methyl/N-ethyl adjacent to an activating group) is 1. The fraction of sp³-hybridized carbons (Fsp3) is 0.273. The van der Waals surface area contributed by atoms with Crippen molar-refractivity contribution in [1.29, 1.82) is 0 Å². The van der Waals surface area contributed by atoms with E-state index in [4.69, 9.17) is 0 Å². The van der Waals surface area contributed by atoms with E-state index in [2.05, 4.69) is 41.1 Å². The van der Waals surface area contributed by atoms with Crippen molar-refractivity contribution in [2.45, 2.75) is 0 Å². The van der Waals surface area contributed by atoms with Crippen molar-refractivity contribution in [3.8, 4) is 0 Å². The third-order valence-corrected chi connectivity index (χ3v) is 3.64. The van der Waals surface area contributed by atoms with Gasteiger partial charge in [-0.25, -0.2) is 4.98 Å². The van der Waals surface area contributed by atoms with Crippen molar-refractivity contribution in [2.75, 3.05) is 25.5 Å². The van der Waals surface area contributed by atoms with Gasteiger partial charge >= 0.3 is 0 Å². The lowest BCUT2D eigenvalue weighted by molar-refractivity contribution is 0.555. The number of H-pyrrole nitrogens is 1. The summed E-state index contributed by atoms with van der Waals surface area (Å²) >= 11 is 3.57. The van der Waals surface area contributed by atoms with Gasteiger partial charge < -0.3 is 15.2 Å². The third kappa shape index (κ3) is 1.78. The highest BCUT2D eigenvalue weighted by atomic mass is 79.9. The Morgan fingerprint density at radius 3 is 3.12 bits per heavy atom. The number of benzene rings is 1. The molecule has 1 aromatic heterocycles. The Morgan fingerprint density at radius 2 is 2.35 bits per heavy atom. The van der Waals surface area contributed by atoms with Crippen LogP contribution in [0.1, 0.15) is 0 Å². The molecule has 2 heterocycles. The van der Waals surface area contributed by atoms with Crippen LogP contribution >= 0.6 is 15.9 Å². The molecule has 0 atom stereocenters. The van der Waals surface area contributed by atoms with Gasteiger partial charge in [0.15, 0.2) is 5.96 Å². The largest absolute Gasteiger partial charge is 0.345 e. The zero-order chi connectivity index (χ0) is 11.8. The first-order valence-corrected chi connectivity index (χ1v) is 6.19. The summed E-state index contributed by atoms with van der Waals surface area (Å²) in [5, 5.41) is 3.32. The molecule has 0 saturated heterocycles. The molecule has 6 heteroatoms. The van der Waals surface area contributed by atoms with Crippen LogP contribution in [0.2, 0.25) is 0 Å². The number of nitrogens with zero attached hydrogens (tertiary/aromatic N) is 3. The summed E-state index contributed by atoms with van der Waals surface area (Å²) in [5.41, 5.74) is 2.93. The van der Waals surface area contributed by atoms with Gasteiger partial charge in [-0.1, -0.05) is 0 Å². The number of rotatable bonds is 1. The van der Waals surface area contributed by atoms with E-state index in [9.17, 15) is 0 Å². The standard InChI is InChI=1S/C11H12BrN5/c1-17-5-4-13-11(17)16-7-2-3-8-10(9(7)12)15-6-14-8/h2-3,6H,4-5H2,1H3,(H,13,16)(H,14,15). The van der Waals surface area contributed by atoms with Gasteiger partial charge in [-0.15, -0.1) is 0 Å². The molecule has 88 valence electrons. The number of aromatic amines is 1. The molecule has 3 rings (SSSR count). The molecular weight excluding hydrogens is 282 g/mol. The van der Waals surface area contributed by atoms with Gasteiger partial charge in [0.05, 0.1) is 28.5 Å². The van der Waals surface area contributed by atoms with Gasteiger partial charge in [-0.3, -0.25) is 4.99 Å². The number of anilines is 1. The predicted octanol–water partition coefficient (Wildman–Crippen LogP) is 2.04. The van der Waals surface area contributed by atoms with Crippen LogP contribution in [0.15, 0.2) is 27.9 Å². The topological polar surface area (TPSA) is 56.3 Å². The molecule has 17 heavy (non-hydrogen) atoms. The minimum atomic E-state index is 0.848. The van der Waals surface area contributed by atoms with Crippen LogP contribution in [0.5, 0.6) is 0 Å². The minimum Gasteiger partial charge on any atom is -0.345 e. The second-order valence-electron chi connectivity index (χ2n) is 3.98. The average Bonchev–Trinajstić information content (AvgIpc) is 2.92. The van der Waals surface area contributed by atoms with Crippen LogP contribution < -0.4 is 5.32 Å². The monoisotopic (exact) mass is 293 g/mol. The van der Waals surface area contributed by atoms with Crippen molar-refractivity contribution in [2.24, 2.45) is 4.99 Å². The van der Waals surface area contributed by atoms with Crippen molar-refractivity contribution in [1.82, 2.24) is 14.9 Å². The first-order valence-electron chi connectivity index (χ1n) is 5.40. The maximum absolute atomic E-state index is 4.40. The van der Waals surface area contributed by atoms with E-state index >= 15 is 0 Å². The van der Waals surface area contributed by atoms with Crippen molar-refractivity contribution >= 4 is 38.6 Å². The number of hydrogen-bond donors (Lipinski definition) is 2. The Hall–Kier alpha value is -1.56. The van der Waals surface area contributed by atoms with Gasteiger partial charge in [0.1, 0.15) is 5.52 Å². The normalized spacial score (nSPS) is 15.4. The molecule has 0 saturated carbocycles. The summed E-state index contributed by atoms with van der Waals surface area (Å²) in [5.74, 6) is 0.903. The first kappa shape index (κ1) is 10.6. The molecule has 2 aromatic rings. The summed E-state index contributed by atoms with van der Waals surface area (Å²) in [7, 11) is 2.03. The van der Waals surface area contributed by atoms with Crippen LogP contribution in [0.4, 0.5) is 5.69 Å². The van der Waals surface area contributed by atoms with Gasteiger partial charge in [-0.05, 0) is 28.1 Å². The molecule has 2 N–H and O–H groups in total. The number of hydrogen-bond acceptors (Lipinski definition) is 4. The third-order valence-electron chi connectivity index (χ3n) is 2.83. The van der Waals surface area contributed by atoms with Crippen LogP contribution in [0, 0.1) is 0 Å². The second-order valence-corrected chi connectivity index (χ2v) is 4.77. The van der Waals surface area contributed by atoms with Crippen molar-refractivity contribution < 1.29 is 0 Å². The molecule has 5 nitrogen and oxygen atoms in total. The van der Waals surface area contributed by atoms with Gasteiger partial charge in [0, 0.05) is 13.6 Å². The Kier molecular flexibility index (Phi) is 2.51. The highest BCUT2D eigenvalue weighted by molar-refractivity contribution is 9.10. The molecule has 1 aliphatic heterocycles. The number of guanidine groups is 1. The molecule has 0 spiro atoms. The number of nitrogens with one attached hydrogen (secondary N) is 2. The van der Waals surface area contributed by atoms with E-state index in [1.807, 2.05) is 19.2 Å². The number of imidazole rings is 1. The highest BCUT2D eigenvalue weighted by Gasteiger charge is 2.14. The average molecular weight is 294 g/mol. The lowest BCUT2D eigenvalue weighted by Crippen LogP contribution is -2.29. The summed E-state index contributed by atoms with van der Waals surface area (Å²) < 4.78 is 0.958. The van der Waals surface area contributed by atoms with E-state index < -0.39 is 0 Å². The van der Waals surface area contributed by atoms with Crippen LogP contribution in [0.25, 0.3) is 11.0 Å². The second kappa shape index (κ2) is 4.03. The molecule has 0 fully saturated rings. The van der Waals surface area contributed by atoms with Crippen LogP contribution in [0.3, 0.4) is 0 Å². The number of halogens is 1. The van der Waals surface area contributed by atoms with E-state index in [0.29, 0.717) is 0 Å². The van der Waals surface area contributed by atoms with Crippen LogP contribution in [-0.4, -0.2) is 41.0 Å². The smallest absolute Gasteiger partial charge is 0.198 e. The summed E-state index contributed by atoms with van der Waals surface area (Å²) in [6.45, 7) is 1.81. The van der Waals surface area contributed by atoms with Crippen LogP contribution in [-0.2, 0) is 0 Å². The molecule has 0 amide bonds. The van der Waals surface area contributed by atoms with Gasteiger partial charge in [0.25, 0.3) is 0 Å². The number of aromatic nitrogens is 2. The Balaban J connectivity index is 1.97.